The summed E-state index contributed by atoms with van der Waals surface area (Å²) in [5.74, 6) is 0.137. The number of benzene rings is 2. The van der Waals surface area contributed by atoms with Crippen molar-refractivity contribution in [2.75, 3.05) is 0 Å². The highest BCUT2D eigenvalue weighted by molar-refractivity contribution is 7.13. The first-order chi connectivity index (χ1) is 12.2. The van der Waals surface area contributed by atoms with Gasteiger partial charge in [-0.2, -0.15) is 0 Å². The fraction of sp³-hybridized carbons (Fsp3) is 0.238. The molecule has 1 aliphatic rings. The summed E-state index contributed by atoms with van der Waals surface area (Å²) in [4.78, 5) is 17.2. The van der Waals surface area contributed by atoms with Crippen LogP contribution >= 0.6 is 11.3 Å². The Morgan fingerprint density at radius 3 is 2.44 bits per heavy atom. The van der Waals surface area contributed by atoms with Gasteiger partial charge >= 0.3 is 0 Å². The first-order valence-corrected chi connectivity index (χ1v) is 9.41. The predicted octanol–water partition coefficient (Wildman–Crippen LogP) is 4.47. The van der Waals surface area contributed by atoms with E-state index in [2.05, 4.69) is 52.1 Å². The Hall–Kier alpha value is -2.46. The molecule has 0 spiro atoms. The zero-order valence-electron chi connectivity index (χ0n) is 14.2. The first kappa shape index (κ1) is 16.0. The van der Waals surface area contributed by atoms with Gasteiger partial charge in [0.2, 0.25) is 5.91 Å². The lowest BCUT2D eigenvalue weighted by Crippen LogP contribution is -2.34. The number of amides is 1. The van der Waals surface area contributed by atoms with E-state index in [0.29, 0.717) is 6.54 Å². The molecule has 25 heavy (non-hydrogen) atoms. The van der Waals surface area contributed by atoms with Crippen molar-refractivity contribution < 1.29 is 4.79 Å². The van der Waals surface area contributed by atoms with E-state index < -0.39 is 0 Å². The van der Waals surface area contributed by atoms with Gasteiger partial charge in [0.1, 0.15) is 5.01 Å². The lowest BCUT2D eigenvalue weighted by Gasteiger charge is -2.15. The van der Waals surface area contributed by atoms with E-state index in [0.717, 1.165) is 40.2 Å². The van der Waals surface area contributed by atoms with E-state index in [9.17, 15) is 4.79 Å². The summed E-state index contributed by atoms with van der Waals surface area (Å²) in [5.41, 5.74) is 4.10. The quantitative estimate of drug-likeness (QED) is 0.739. The molecular weight excluding hydrogens is 328 g/mol. The van der Waals surface area contributed by atoms with Crippen molar-refractivity contribution in [3.05, 3.63) is 76.8 Å². The second-order valence-electron chi connectivity index (χ2n) is 6.62. The number of carbonyl (C=O) groups excluding carboxylic acids is 1. The number of thiazole rings is 1. The maximum Gasteiger partial charge on any atom is 0.230 e. The molecule has 0 radical (unpaired) electrons. The van der Waals surface area contributed by atoms with Gasteiger partial charge in [-0.05, 0) is 30.9 Å². The van der Waals surface area contributed by atoms with Gasteiger partial charge in [0.15, 0.2) is 0 Å². The van der Waals surface area contributed by atoms with Crippen LogP contribution in [0.5, 0.6) is 0 Å². The largest absolute Gasteiger partial charge is 0.351 e. The summed E-state index contributed by atoms with van der Waals surface area (Å²) in [7, 11) is 0. The average molecular weight is 348 g/mol. The highest BCUT2D eigenvalue weighted by atomic mass is 32.1. The molecule has 1 aliphatic carbocycles. The van der Waals surface area contributed by atoms with E-state index in [4.69, 9.17) is 0 Å². The van der Waals surface area contributed by atoms with E-state index in [-0.39, 0.29) is 11.3 Å². The molecule has 1 fully saturated rings. The number of nitrogens with one attached hydrogen (secondary N) is 1. The fourth-order valence-corrected chi connectivity index (χ4v) is 3.94. The molecule has 2 aromatic carbocycles. The second kappa shape index (κ2) is 6.45. The Bertz CT molecular complexity index is 880. The number of carbonyl (C=O) groups is 1. The molecule has 1 saturated carbocycles. The van der Waals surface area contributed by atoms with Gasteiger partial charge in [-0.15, -0.1) is 11.3 Å². The van der Waals surface area contributed by atoms with Crippen molar-refractivity contribution in [3.63, 3.8) is 0 Å². The summed E-state index contributed by atoms with van der Waals surface area (Å²) in [5, 5.41) is 6.21. The van der Waals surface area contributed by atoms with Gasteiger partial charge in [-0.1, -0.05) is 54.6 Å². The molecule has 0 bridgehead atoms. The highest BCUT2D eigenvalue weighted by Crippen LogP contribution is 2.48. The number of hydrogen-bond acceptors (Lipinski definition) is 3. The smallest absolute Gasteiger partial charge is 0.230 e. The molecule has 0 unspecified atom stereocenters. The molecule has 126 valence electrons. The van der Waals surface area contributed by atoms with Crippen molar-refractivity contribution in [2.45, 2.75) is 31.7 Å². The minimum absolute atomic E-state index is 0.137. The predicted molar refractivity (Wildman–Crippen MR) is 101 cm³/mol. The maximum absolute atomic E-state index is 12.7. The third kappa shape index (κ3) is 3.22. The topological polar surface area (TPSA) is 42.0 Å². The van der Waals surface area contributed by atoms with Crippen LogP contribution in [0.1, 0.15) is 29.7 Å². The number of nitrogens with zero attached hydrogens (tertiary/aromatic N) is 1. The fourth-order valence-electron chi connectivity index (χ4n) is 3.13. The highest BCUT2D eigenvalue weighted by Gasteiger charge is 2.50. The summed E-state index contributed by atoms with van der Waals surface area (Å²) >= 11 is 1.66. The second-order valence-corrected chi connectivity index (χ2v) is 7.48. The zero-order chi connectivity index (χ0) is 17.3. The first-order valence-electron chi connectivity index (χ1n) is 8.53. The number of hydrogen-bond donors (Lipinski definition) is 1. The van der Waals surface area contributed by atoms with Crippen LogP contribution in [0.25, 0.3) is 10.6 Å². The van der Waals surface area contributed by atoms with E-state index >= 15 is 0 Å². The molecule has 0 atom stereocenters. The van der Waals surface area contributed by atoms with Crippen LogP contribution in [-0.4, -0.2) is 10.9 Å². The Morgan fingerprint density at radius 1 is 1.12 bits per heavy atom. The monoisotopic (exact) mass is 348 g/mol. The Balaban J connectivity index is 1.41. The molecule has 0 saturated heterocycles. The zero-order valence-corrected chi connectivity index (χ0v) is 15.0. The molecule has 1 N–H and O–H groups in total. The number of aromatic nitrogens is 1. The van der Waals surface area contributed by atoms with Crippen LogP contribution in [0.15, 0.2) is 60.0 Å². The van der Waals surface area contributed by atoms with Crippen molar-refractivity contribution in [3.8, 4) is 10.6 Å². The van der Waals surface area contributed by atoms with Gasteiger partial charge < -0.3 is 5.32 Å². The molecule has 3 nitrogen and oxygen atoms in total. The van der Waals surface area contributed by atoms with Crippen molar-refractivity contribution >= 4 is 17.2 Å². The summed E-state index contributed by atoms with van der Waals surface area (Å²) in [6.07, 6.45) is 1.87. The van der Waals surface area contributed by atoms with Crippen LogP contribution in [0.2, 0.25) is 0 Å². The summed E-state index contributed by atoms with van der Waals surface area (Å²) in [6.45, 7) is 2.56. The Morgan fingerprint density at radius 2 is 1.84 bits per heavy atom. The molecular formula is C21H20N2OS. The van der Waals surface area contributed by atoms with Gasteiger partial charge in [0.25, 0.3) is 0 Å². The summed E-state index contributed by atoms with van der Waals surface area (Å²) in [6, 6.07) is 18.4. The van der Waals surface area contributed by atoms with Gasteiger partial charge in [0.05, 0.1) is 5.41 Å². The van der Waals surface area contributed by atoms with Gasteiger partial charge in [-0.25, -0.2) is 4.98 Å². The average Bonchev–Trinajstić information content (AvgIpc) is 3.36. The van der Waals surface area contributed by atoms with Gasteiger partial charge in [0, 0.05) is 23.2 Å². The molecule has 1 aromatic heterocycles. The molecule has 3 aromatic rings. The van der Waals surface area contributed by atoms with Gasteiger partial charge in [-0.3, -0.25) is 4.79 Å². The van der Waals surface area contributed by atoms with Crippen LogP contribution in [0.4, 0.5) is 0 Å². The van der Waals surface area contributed by atoms with Crippen molar-refractivity contribution in [1.82, 2.24) is 10.3 Å². The van der Waals surface area contributed by atoms with E-state index in [1.807, 2.05) is 25.1 Å². The van der Waals surface area contributed by atoms with E-state index in [1.165, 1.54) is 0 Å². The minimum Gasteiger partial charge on any atom is -0.351 e. The SMILES string of the molecule is Cc1csc(-c2ccc(CNC(=O)C3(c4ccccc4)CC3)cc2)n1. The van der Waals surface area contributed by atoms with Crippen molar-refractivity contribution in [1.29, 1.82) is 0 Å². The molecule has 4 heteroatoms. The van der Waals surface area contributed by atoms with Crippen LogP contribution < -0.4 is 5.32 Å². The van der Waals surface area contributed by atoms with Crippen molar-refractivity contribution in [2.24, 2.45) is 0 Å². The standard InChI is InChI=1S/C21H20N2OS/c1-15-14-25-19(23-15)17-9-7-16(8-10-17)13-22-20(24)21(11-12-21)18-5-3-2-4-6-18/h2-10,14H,11-13H2,1H3,(H,22,24). The minimum atomic E-state index is -0.306. The molecule has 1 amide bonds. The molecule has 4 rings (SSSR count). The molecule has 0 aliphatic heterocycles. The summed E-state index contributed by atoms with van der Waals surface area (Å²) < 4.78 is 0. The normalized spacial score (nSPS) is 14.9. The lowest BCUT2D eigenvalue weighted by atomic mass is 9.95. The third-order valence-electron chi connectivity index (χ3n) is 4.78. The maximum atomic E-state index is 12.7. The lowest BCUT2D eigenvalue weighted by molar-refractivity contribution is -0.123. The van der Waals surface area contributed by atoms with E-state index in [1.54, 1.807) is 11.3 Å². The Kier molecular flexibility index (Phi) is 4.14. The van der Waals surface area contributed by atoms with Crippen LogP contribution in [-0.2, 0) is 16.8 Å². The Labute approximate surface area is 151 Å². The number of rotatable bonds is 5. The van der Waals surface area contributed by atoms with Crippen LogP contribution in [0.3, 0.4) is 0 Å². The molecule has 1 heterocycles. The third-order valence-corrected chi connectivity index (χ3v) is 5.79. The number of aryl methyl sites for hydroxylation is 1. The van der Waals surface area contributed by atoms with Crippen LogP contribution in [0, 0.1) is 6.92 Å².